The van der Waals surface area contributed by atoms with Gasteiger partial charge >= 0.3 is 0 Å². The minimum Gasteiger partial charge on any atom is -0.354 e. The number of rotatable bonds is 5. The van der Waals surface area contributed by atoms with Crippen molar-refractivity contribution in [2.45, 2.75) is 33.7 Å². The molecule has 16 heavy (non-hydrogen) atoms. The molecule has 0 bridgehead atoms. The Kier molecular flexibility index (Phi) is 4.73. The minimum atomic E-state index is 0.199. The van der Waals surface area contributed by atoms with Crippen LogP contribution < -0.4 is 10.6 Å². The SMILES string of the molecule is CC(C)CNc1nc(Cl)nc(NC(C)C)n1. The van der Waals surface area contributed by atoms with E-state index in [0.717, 1.165) is 6.54 Å². The van der Waals surface area contributed by atoms with E-state index in [1.165, 1.54) is 0 Å². The van der Waals surface area contributed by atoms with E-state index in [0.29, 0.717) is 17.8 Å². The van der Waals surface area contributed by atoms with Gasteiger partial charge in [-0.05, 0) is 31.4 Å². The van der Waals surface area contributed by atoms with Gasteiger partial charge in [0, 0.05) is 12.6 Å². The molecule has 0 radical (unpaired) electrons. The summed E-state index contributed by atoms with van der Waals surface area (Å²) in [6.07, 6.45) is 0. The fourth-order valence-corrected chi connectivity index (χ4v) is 1.21. The number of aromatic nitrogens is 3. The quantitative estimate of drug-likeness (QED) is 0.832. The first-order valence-electron chi connectivity index (χ1n) is 5.39. The highest BCUT2D eigenvalue weighted by Crippen LogP contribution is 2.10. The molecule has 90 valence electrons. The number of hydrogen-bond donors (Lipinski definition) is 2. The molecule has 2 N–H and O–H groups in total. The summed E-state index contributed by atoms with van der Waals surface area (Å²) in [5, 5.41) is 6.40. The van der Waals surface area contributed by atoms with Gasteiger partial charge in [-0.2, -0.15) is 15.0 Å². The Morgan fingerprint density at radius 1 is 1.06 bits per heavy atom. The number of hydrogen-bond acceptors (Lipinski definition) is 5. The molecule has 0 aliphatic heterocycles. The third kappa shape index (κ3) is 4.61. The molecule has 0 aliphatic carbocycles. The number of nitrogens with zero attached hydrogens (tertiary/aromatic N) is 3. The molecule has 1 heterocycles. The van der Waals surface area contributed by atoms with Crippen LogP contribution in [0.1, 0.15) is 27.7 Å². The van der Waals surface area contributed by atoms with E-state index in [2.05, 4.69) is 39.4 Å². The van der Waals surface area contributed by atoms with Crippen LogP contribution in [-0.4, -0.2) is 27.5 Å². The molecular weight excluding hydrogens is 226 g/mol. The first-order valence-corrected chi connectivity index (χ1v) is 5.77. The maximum Gasteiger partial charge on any atom is 0.228 e. The molecule has 5 nitrogen and oxygen atoms in total. The van der Waals surface area contributed by atoms with Crippen LogP contribution in [0, 0.1) is 5.92 Å². The van der Waals surface area contributed by atoms with Gasteiger partial charge < -0.3 is 10.6 Å². The average Bonchev–Trinajstić information content (AvgIpc) is 2.12. The highest BCUT2D eigenvalue weighted by Gasteiger charge is 2.06. The summed E-state index contributed by atoms with van der Waals surface area (Å²) in [6.45, 7) is 9.06. The fraction of sp³-hybridized carbons (Fsp3) is 0.700. The minimum absolute atomic E-state index is 0.199. The highest BCUT2D eigenvalue weighted by molar-refractivity contribution is 6.28. The zero-order valence-electron chi connectivity index (χ0n) is 10.1. The van der Waals surface area contributed by atoms with Crippen LogP contribution in [0.25, 0.3) is 0 Å². The van der Waals surface area contributed by atoms with Gasteiger partial charge in [0.15, 0.2) is 0 Å². The second-order valence-corrected chi connectivity index (χ2v) is 4.66. The Morgan fingerprint density at radius 3 is 2.25 bits per heavy atom. The Labute approximate surface area is 101 Å². The monoisotopic (exact) mass is 243 g/mol. The average molecular weight is 244 g/mol. The van der Waals surface area contributed by atoms with Gasteiger partial charge in [-0.1, -0.05) is 13.8 Å². The van der Waals surface area contributed by atoms with Gasteiger partial charge in [0.05, 0.1) is 0 Å². The van der Waals surface area contributed by atoms with Crippen molar-refractivity contribution in [1.82, 2.24) is 15.0 Å². The lowest BCUT2D eigenvalue weighted by atomic mass is 10.2. The molecular formula is C10H18ClN5. The van der Waals surface area contributed by atoms with E-state index in [1.807, 2.05) is 13.8 Å². The van der Waals surface area contributed by atoms with E-state index < -0.39 is 0 Å². The van der Waals surface area contributed by atoms with Crippen LogP contribution in [0.15, 0.2) is 0 Å². The van der Waals surface area contributed by atoms with Crippen LogP contribution in [0.2, 0.25) is 5.28 Å². The molecule has 1 aromatic rings. The number of halogens is 1. The van der Waals surface area contributed by atoms with Crippen molar-refractivity contribution >= 4 is 23.5 Å². The largest absolute Gasteiger partial charge is 0.354 e. The normalized spacial score (nSPS) is 10.9. The molecule has 1 rings (SSSR count). The number of nitrogens with one attached hydrogen (secondary N) is 2. The van der Waals surface area contributed by atoms with E-state index in [-0.39, 0.29) is 11.3 Å². The van der Waals surface area contributed by atoms with E-state index >= 15 is 0 Å². The second-order valence-electron chi connectivity index (χ2n) is 4.33. The molecule has 0 spiro atoms. The van der Waals surface area contributed by atoms with Crippen LogP contribution in [0.4, 0.5) is 11.9 Å². The van der Waals surface area contributed by atoms with Crippen LogP contribution in [0.3, 0.4) is 0 Å². The van der Waals surface area contributed by atoms with Gasteiger partial charge in [0.2, 0.25) is 17.2 Å². The molecule has 0 atom stereocenters. The molecule has 1 aromatic heterocycles. The lowest BCUT2D eigenvalue weighted by Gasteiger charge is -2.11. The van der Waals surface area contributed by atoms with Gasteiger partial charge in [0.1, 0.15) is 0 Å². The molecule has 0 fully saturated rings. The van der Waals surface area contributed by atoms with Crippen LogP contribution >= 0.6 is 11.6 Å². The van der Waals surface area contributed by atoms with E-state index in [9.17, 15) is 0 Å². The predicted octanol–water partition coefficient (Wildman–Crippen LogP) is 2.41. The lowest BCUT2D eigenvalue weighted by molar-refractivity contribution is 0.684. The highest BCUT2D eigenvalue weighted by atomic mass is 35.5. The van der Waals surface area contributed by atoms with Crippen molar-refractivity contribution in [3.63, 3.8) is 0 Å². The standard InChI is InChI=1S/C10H18ClN5/c1-6(2)5-12-9-14-8(11)15-10(16-9)13-7(3)4/h6-7H,5H2,1-4H3,(H2,12,13,14,15,16). The summed E-state index contributed by atoms with van der Waals surface area (Å²) in [5.41, 5.74) is 0. The summed E-state index contributed by atoms with van der Waals surface area (Å²) in [4.78, 5) is 12.2. The second kappa shape index (κ2) is 5.84. The Morgan fingerprint density at radius 2 is 1.69 bits per heavy atom. The van der Waals surface area contributed by atoms with Gasteiger partial charge in [-0.3, -0.25) is 0 Å². The van der Waals surface area contributed by atoms with Gasteiger partial charge in [0.25, 0.3) is 0 Å². The van der Waals surface area contributed by atoms with Gasteiger partial charge in [-0.25, -0.2) is 0 Å². The zero-order valence-corrected chi connectivity index (χ0v) is 10.8. The maximum atomic E-state index is 5.81. The third-order valence-electron chi connectivity index (χ3n) is 1.69. The van der Waals surface area contributed by atoms with Crippen LogP contribution in [0.5, 0.6) is 0 Å². The van der Waals surface area contributed by atoms with E-state index in [4.69, 9.17) is 11.6 Å². The van der Waals surface area contributed by atoms with Crippen molar-refractivity contribution in [2.24, 2.45) is 5.92 Å². The molecule has 0 amide bonds. The summed E-state index contributed by atoms with van der Waals surface area (Å²) >= 11 is 5.81. The summed E-state index contributed by atoms with van der Waals surface area (Å²) < 4.78 is 0. The Balaban J connectivity index is 2.73. The van der Waals surface area contributed by atoms with Crippen molar-refractivity contribution in [3.05, 3.63) is 5.28 Å². The first kappa shape index (κ1) is 13.0. The molecule has 0 aromatic carbocycles. The molecule has 0 saturated carbocycles. The summed E-state index contributed by atoms with van der Waals surface area (Å²) in [7, 11) is 0. The van der Waals surface area contributed by atoms with Crippen molar-refractivity contribution < 1.29 is 0 Å². The van der Waals surface area contributed by atoms with Gasteiger partial charge in [-0.15, -0.1) is 0 Å². The van der Waals surface area contributed by atoms with Crippen molar-refractivity contribution in [2.75, 3.05) is 17.2 Å². The van der Waals surface area contributed by atoms with Crippen molar-refractivity contribution in [3.8, 4) is 0 Å². The molecule has 0 unspecified atom stereocenters. The fourth-order valence-electron chi connectivity index (χ4n) is 1.05. The molecule has 0 saturated heterocycles. The Hall–Kier alpha value is -1.10. The zero-order chi connectivity index (χ0) is 12.1. The smallest absolute Gasteiger partial charge is 0.228 e. The maximum absolute atomic E-state index is 5.81. The first-order chi connectivity index (χ1) is 7.47. The third-order valence-corrected chi connectivity index (χ3v) is 1.86. The van der Waals surface area contributed by atoms with Crippen LogP contribution in [-0.2, 0) is 0 Å². The summed E-state index contributed by atoms with van der Waals surface area (Å²) in [6, 6.07) is 0.261. The topological polar surface area (TPSA) is 62.7 Å². The number of anilines is 2. The molecule has 0 aliphatic rings. The predicted molar refractivity (Wildman–Crippen MR) is 66.9 cm³/mol. The lowest BCUT2D eigenvalue weighted by Crippen LogP contribution is -2.16. The Bertz CT molecular complexity index is 340. The van der Waals surface area contributed by atoms with Crippen molar-refractivity contribution in [1.29, 1.82) is 0 Å². The molecule has 6 heteroatoms. The van der Waals surface area contributed by atoms with E-state index in [1.54, 1.807) is 0 Å². The summed E-state index contributed by atoms with van der Waals surface area (Å²) in [5.74, 6) is 1.54.